The van der Waals surface area contributed by atoms with Gasteiger partial charge < -0.3 is 5.32 Å². The van der Waals surface area contributed by atoms with Gasteiger partial charge in [0.1, 0.15) is 0 Å². The molecule has 2 bridgehead atoms. The van der Waals surface area contributed by atoms with Crippen molar-refractivity contribution in [3.05, 3.63) is 35.4 Å². The summed E-state index contributed by atoms with van der Waals surface area (Å²) in [4.78, 5) is 12.4. The van der Waals surface area contributed by atoms with Gasteiger partial charge in [-0.2, -0.15) is 0 Å². The second kappa shape index (κ2) is 5.00. The standard InChI is InChI=1S/C15H17F2NO/c16-15(17)10-3-1-9(2-4-10)14(19)11-7-12-5-6-13(8-11)18-12/h1-4,11-13,15,18H,5-8H2. The van der Waals surface area contributed by atoms with Gasteiger partial charge in [0.05, 0.1) is 0 Å². The molecule has 3 rings (SSSR count). The van der Waals surface area contributed by atoms with E-state index in [1.54, 1.807) is 0 Å². The highest BCUT2D eigenvalue weighted by Gasteiger charge is 2.36. The molecule has 1 aromatic rings. The molecular formula is C15H17F2NO. The Morgan fingerprint density at radius 3 is 2.21 bits per heavy atom. The van der Waals surface area contributed by atoms with Gasteiger partial charge in [-0.1, -0.05) is 24.3 Å². The number of Topliss-reactive ketones (excluding diaryl/α,β-unsaturated/α-hetero) is 1. The van der Waals surface area contributed by atoms with Crippen molar-refractivity contribution in [1.29, 1.82) is 0 Å². The highest BCUT2D eigenvalue weighted by Crippen LogP contribution is 2.33. The summed E-state index contributed by atoms with van der Waals surface area (Å²) in [6.45, 7) is 0. The van der Waals surface area contributed by atoms with Crippen molar-refractivity contribution in [1.82, 2.24) is 5.32 Å². The first kappa shape index (κ1) is 12.7. The summed E-state index contributed by atoms with van der Waals surface area (Å²) in [5.41, 5.74) is 0.539. The highest BCUT2D eigenvalue weighted by molar-refractivity contribution is 5.98. The number of carbonyl (C=O) groups is 1. The maximum atomic E-state index is 12.5. The van der Waals surface area contributed by atoms with Crippen molar-refractivity contribution in [3.8, 4) is 0 Å². The van der Waals surface area contributed by atoms with E-state index in [9.17, 15) is 13.6 Å². The number of ketones is 1. The van der Waals surface area contributed by atoms with Crippen LogP contribution >= 0.6 is 0 Å². The van der Waals surface area contributed by atoms with E-state index in [-0.39, 0.29) is 17.3 Å². The van der Waals surface area contributed by atoms with Gasteiger partial charge in [-0.15, -0.1) is 0 Å². The molecule has 0 saturated carbocycles. The van der Waals surface area contributed by atoms with Crippen molar-refractivity contribution in [2.45, 2.75) is 44.2 Å². The number of benzene rings is 1. The average Bonchev–Trinajstić information content (AvgIpc) is 2.76. The molecule has 19 heavy (non-hydrogen) atoms. The predicted octanol–water partition coefficient (Wildman–Crippen LogP) is 3.34. The molecule has 2 aliphatic heterocycles. The van der Waals surface area contributed by atoms with Crippen LogP contribution < -0.4 is 5.32 Å². The number of halogens is 2. The summed E-state index contributed by atoms with van der Waals surface area (Å²) in [6.07, 6.45) is 1.59. The number of hydrogen-bond acceptors (Lipinski definition) is 2. The van der Waals surface area contributed by atoms with Gasteiger partial charge in [0, 0.05) is 29.1 Å². The van der Waals surface area contributed by atoms with E-state index >= 15 is 0 Å². The average molecular weight is 265 g/mol. The summed E-state index contributed by atoms with van der Waals surface area (Å²) in [6, 6.07) is 6.71. The van der Waals surface area contributed by atoms with Crippen molar-refractivity contribution in [3.63, 3.8) is 0 Å². The van der Waals surface area contributed by atoms with Gasteiger partial charge >= 0.3 is 0 Å². The Morgan fingerprint density at radius 1 is 1.11 bits per heavy atom. The number of rotatable bonds is 3. The zero-order valence-electron chi connectivity index (χ0n) is 10.6. The number of carbonyl (C=O) groups excluding carboxylic acids is 1. The van der Waals surface area contributed by atoms with Crippen LogP contribution in [0.15, 0.2) is 24.3 Å². The van der Waals surface area contributed by atoms with Crippen molar-refractivity contribution >= 4 is 5.78 Å². The zero-order valence-corrected chi connectivity index (χ0v) is 10.6. The fraction of sp³-hybridized carbons (Fsp3) is 0.533. The lowest BCUT2D eigenvalue weighted by atomic mass is 9.86. The van der Waals surface area contributed by atoms with Crippen LogP contribution in [0.1, 0.15) is 48.0 Å². The van der Waals surface area contributed by atoms with Crippen LogP contribution in [-0.4, -0.2) is 17.9 Å². The van der Waals surface area contributed by atoms with Crippen LogP contribution in [0.4, 0.5) is 8.78 Å². The van der Waals surface area contributed by atoms with E-state index in [4.69, 9.17) is 0 Å². The van der Waals surface area contributed by atoms with Gasteiger partial charge in [-0.25, -0.2) is 8.78 Å². The van der Waals surface area contributed by atoms with Crippen molar-refractivity contribution in [2.75, 3.05) is 0 Å². The third-order valence-corrected chi connectivity index (χ3v) is 4.29. The third-order valence-electron chi connectivity index (χ3n) is 4.29. The number of alkyl halides is 2. The number of piperidine rings is 1. The maximum Gasteiger partial charge on any atom is 0.263 e. The van der Waals surface area contributed by atoms with E-state index in [1.165, 1.54) is 24.3 Å². The monoisotopic (exact) mass is 265 g/mol. The lowest BCUT2D eigenvalue weighted by Gasteiger charge is -2.28. The molecule has 2 unspecified atom stereocenters. The van der Waals surface area contributed by atoms with E-state index < -0.39 is 6.43 Å². The van der Waals surface area contributed by atoms with Gasteiger partial charge in [0.25, 0.3) is 6.43 Å². The molecule has 0 spiro atoms. The summed E-state index contributed by atoms with van der Waals surface area (Å²) >= 11 is 0. The predicted molar refractivity (Wildman–Crippen MR) is 68.4 cm³/mol. The van der Waals surface area contributed by atoms with E-state index in [2.05, 4.69) is 5.32 Å². The fourth-order valence-electron chi connectivity index (χ4n) is 3.30. The number of hydrogen-bond donors (Lipinski definition) is 1. The molecule has 2 aliphatic rings. The minimum absolute atomic E-state index is 0.0260. The van der Waals surface area contributed by atoms with E-state index in [1.807, 2.05) is 0 Å². The second-order valence-corrected chi connectivity index (χ2v) is 5.59. The highest BCUT2D eigenvalue weighted by atomic mass is 19.3. The normalized spacial score (nSPS) is 29.7. The molecule has 0 radical (unpaired) electrons. The Morgan fingerprint density at radius 2 is 1.68 bits per heavy atom. The molecule has 0 amide bonds. The Hall–Kier alpha value is -1.29. The summed E-state index contributed by atoms with van der Waals surface area (Å²) in [5, 5.41) is 3.50. The van der Waals surface area contributed by atoms with Gasteiger partial charge in [-0.05, 0) is 25.7 Å². The molecule has 2 fully saturated rings. The molecule has 1 N–H and O–H groups in total. The Bertz CT molecular complexity index is 460. The van der Waals surface area contributed by atoms with Crippen molar-refractivity contribution in [2.24, 2.45) is 5.92 Å². The van der Waals surface area contributed by atoms with E-state index in [0.717, 1.165) is 25.7 Å². The molecule has 102 valence electrons. The lowest BCUT2D eigenvalue weighted by Crippen LogP contribution is -2.40. The van der Waals surface area contributed by atoms with Crippen LogP contribution in [-0.2, 0) is 0 Å². The SMILES string of the molecule is O=C(c1ccc(C(F)F)cc1)C1CC2CCC(C1)N2. The second-order valence-electron chi connectivity index (χ2n) is 5.59. The number of nitrogens with one attached hydrogen (secondary N) is 1. The molecule has 2 saturated heterocycles. The zero-order chi connectivity index (χ0) is 13.4. The topological polar surface area (TPSA) is 29.1 Å². The Balaban J connectivity index is 1.73. The van der Waals surface area contributed by atoms with Crippen molar-refractivity contribution < 1.29 is 13.6 Å². The third kappa shape index (κ3) is 2.54. The molecule has 2 nitrogen and oxygen atoms in total. The summed E-state index contributed by atoms with van der Waals surface area (Å²) < 4.78 is 24.9. The smallest absolute Gasteiger partial charge is 0.263 e. The minimum Gasteiger partial charge on any atom is -0.311 e. The number of fused-ring (bicyclic) bond motifs is 2. The Kier molecular flexibility index (Phi) is 3.35. The first-order chi connectivity index (χ1) is 9.13. The van der Waals surface area contributed by atoms with Gasteiger partial charge in [-0.3, -0.25) is 4.79 Å². The van der Waals surface area contributed by atoms with Gasteiger partial charge in [0.2, 0.25) is 0 Å². The van der Waals surface area contributed by atoms with Crippen LogP contribution in [0.25, 0.3) is 0 Å². The first-order valence-electron chi connectivity index (χ1n) is 6.82. The lowest BCUT2D eigenvalue weighted by molar-refractivity contribution is 0.0875. The fourth-order valence-corrected chi connectivity index (χ4v) is 3.30. The van der Waals surface area contributed by atoms with Crippen LogP contribution in [0.5, 0.6) is 0 Å². The molecule has 1 aromatic carbocycles. The molecule has 0 aromatic heterocycles. The van der Waals surface area contributed by atoms with E-state index in [0.29, 0.717) is 17.6 Å². The van der Waals surface area contributed by atoms with Crippen LogP contribution in [0.3, 0.4) is 0 Å². The molecule has 0 aliphatic carbocycles. The molecular weight excluding hydrogens is 248 g/mol. The van der Waals surface area contributed by atoms with Crippen LogP contribution in [0.2, 0.25) is 0 Å². The molecule has 4 heteroatoms. The first-order valence-corrected chi connectivity index (χ1v) is 6.82. The quantitative estimate of drug-likeness (QED) is 0.849. The Labute approximate surface area is 111 Å². The largest absolute Gasteiger partial charge is 0.311 e. The summed E-state index contributed by atoms with van der Waals surface area (Å²) in [7, 11) is 0. The minimum atomic E-state index is -2.47. The summed E-state index contributed by atoms with van der Waals surface area (Å²) in [5.74, 6) is 0.162. The molecule has 2 heterocycles. The van der Waals surface area contributed by atoms with Crippen LogP contribution in [0, 0.1) is 5.92 Å². The van der Waals surface area contributed by atoms with Gasteiger partial charge in [0.15, 0.2) is 5.78 Å². The molecule has 2 atom stereocenters. The maximum absolute atomic E-state index is 12.5.